The summed E-state index contributed by atoms with van der Waals surface area (Å²) < 4.78 is 39.3. The van der Waals surface area contributed by atoms with Crippen molar-refractivity contribution in [1.82, 2.24) is 0 Å². The first-order valence-corrected chi connectivity index (χ1v) is 28.9. The van der Waals surface area contributed by atoms with Crippen LogP contribution in [0.3, 0.4) is 0 Å². The summed E-state index contributed by atoms with van der Waals surface area (Å²) in [5.74, 6) is -1.67. The van der Waals surface area contributed by atoms with Crippen LogP contribution in [-0.2, 0) is 42.2 Å². The zero-order chi connectivity index (χ0) is 54.1. The number of phosphoric ester groups is 1. The molecule has 0 aliphatic carbocycles. The largest absolute Gasteiger partial charge is 0.472 e. The maximum absolute atomic E-state index is 12.9. The number of carbonyl (C=O) groups is 3. The zero-order valence-electron chi connectivity index (χ0n) is 45.5. The minimum Gasteiger partial charge on any atom is -0.462 e. The molecule has 74 heavy (non-hydrogen) atoms. The average Bonchev–Trinajstić information content (AvgIpc) is 3.39. The lowest BCUT2D eigenvalue weighted by Gasteiger charge is -2.21. The molecule has 0 fully saturated rings. The van der Waals surface area contributed by atoms with Gasteiger partial charge in [-0.25, -0.2) is 4.57 Å². The summed E-state index contributed by atoms with van der Waals surface area (Å²) in [5, 5.41) is 9.79. The van der Waals surface area contributed by atoms with Crippen LogP contribution in [0.15, 0.2) is 158 Å². The number of unbranched alkanes of at least 4 members (excludes halogenated alkanes) is 5. The van der Waals surface area contributed by atoms with Gasteiger partial charge in [0.15, 0.2) is 6.10 Å². The molecular formula is C62H95O11P. The molecule has 414 valence electrons. The zero-order valence-corrected chi connectivity index (χ0v) is 46.4. The van der Waals surface area contributed by atoms with Crippen molar-refractivity contribution in [2.75, 3.05) is 26.4 Å². The first-order chi connectivity index (χ1) is 36.2. The van der Waals surface area contributed by atoms with Gasteiger partial charge in [0.1, 0.15) is 12.7 Å². The van der Waals surface area contributed by atoms with Gasteiger partial charge in [0, 0.05) is 19.3 Å². The van der Waals surface area contributed by atoms with Crippen LogP contribution in [0.5, 0.6) is 0 Å². The van der Waals surface area contributed by atoms with Gasteiger partial charge in [-0.1, -0.05) is 185 Å². The Hall–Kier alpha value is -4.90. The van der Waals surface area contributed by atoms with Gasteiger partial charge in [0.2, 0.25) is 0 Å². The van der Waals surface area contributed by atoms with Crippen LogP contribution in [0.25, 0.3) is 0 Å². The Morgan fingerprint density at radius 1 is 0.378 bits per heavy atom. The number of allylic oxidation sites excluding steroid dienone is 26. The Morgan fingerprint density at radius 2 is 0.689 bits per heavy atom. The molecule has 0 radical (unpaired) electrons. The third kappa shape index (κ3) is 52.0. The second-order valence-electron chi connectivity index (χ2n) is 17.2. The van der Waals surface area contributed by atoms with Crippen molar-refractivity contribution in [3.63, 3.8) is 0 Å². The lowest BCUT2D eigenvalue weighted by molar-refractivity contribution is -0.161. The highest BCUT2D eigenvalue weighted by Crippen LogP contribution is 2.43. The number of ether oxygens (including phenoxy) is 3. The highest BCUT2D eigenvalue weighted by Gasteiger charge is 2.28. The predicted octanol–water partition coefficient (Wildman–Crippen LogP) is 16.1. The molecule has 0 aromatic rings. The van der Waals surface area contributed by atoms with E-state index in [0.29, 0.717) is 25.7 Å². The fraction of sp³-hybridized carbons (Fsp3) is 0.532. The molecule has 0 spiro atoms. The molecule has 0 aliphatic rings. The number of rotatable bonds is 48. The van der Waals surface area contributed by atoms with E-state index in [9.17, 15) is 28.9 Å². The van der Waals surface area contributed by atoms with Crippen LogP contribution in [0.4, 0.5) is 0 Å². The highest BCUT2D eigenvalue weighted by molar-refractivity contribution is 7.47. The molecule has 0 heterocycles. The number of phosphoric acid groups is 1. The molecule has 0 rings (SSSR count). The Bertz CT molecular complexity index is 1840. The quantitative estimate of drug-likeness (QED) is 0.0197. The van der Waals surface area contributed by atoms with E-state index in [1.807, 2.05) is 12.2 Å². The molecular weight excluding hydrogens is 952 g/mol. The van der Waals surface area contributed by atoms with E-state index in [0.717, 1.165) is 109 Å². The molecule has 3 atom stereocenters. The van der Waals surface area contributed by atoms with Crippen LogP contribution in [0.2, 0.25) is 0 Å². The fourth-order valence-electron chi connectivity index (χ4n) is 6.38. The normalized spacial score (nSPS) is 14.6. The van der Waals surface area contributed by atoms with E-state index >= 15 is 0 Å². The minimum absolute atomic E-state index is 0.0211. The second kappa shape index (κ2) is 54.4. The van der Waals surface area contributed by atoms with Gasteiger partial charge in [0.25, 0.3) is 0 Å². The number of carbonyl (C=O) groups excluding carboxylic acids is 3. The molecule has 0 saturated heterocycles. The van der Waals surface area contributed by atoms with Crippen LogP contribution in [-0.4, -0.2) is 66.5 Å². The van der Waals surface area contributed by atoms with Gasteiger partial charge >= 0.3 is 25.7 Å². The summed E-state index contributed by atoms with van der Waals surface area (Å²) in [7, 11) is -4.79. The molecule has 0 saturated carbocycles. The molecule has 0 aromatic heterocycles. The monoisotopic (exact) mass is 1050 g/mol. The summed E-state index contributed by atoms with van der Waals surface area (Å²) in [4.78, 5) is 48.4. The summed E-state index contributed by atoms with van der Waals surface area (Å²) >= 11 is 0. The third-order valence-corrected chi connectivity index (χ3v) is 11.4. The first-order valence-electron chi connectivity index (χ1n) is 27.4. The van der Waals surface area contributed by atoms with Gasteiger partial charge in [0.05, 0.1) is 19.8 Å². The molecule has 11 nitrogen and oxygen atoms in total. The highest BCUT2D eigenvalue weighted by atomic mass is 31.2. The Morgan fingerprint density at radius 3 is 1.09 bits per heavy atom. The van der Waals surface area contributed by atoms with Crippen LogP contribution in [0.1, 0.15) is 175 Å². The fourth-order valence-corrected chi connectivity index (χ4v) is 7.17. The van der Waals surface area contributed by atoms with Crippen molar-refractivity contribution < 1.29 is 52.2 Å². The Kier molecular flexibility index (Phi) is 50.8. The van der Waals surface area contributed by atoms with E-state index in [1.54, 1.807) is 0 Å². The van der Waals surface area contributed by atoms with Crippen molar-refractivity contribution in [2.24, 2.45) is 0 Å². The maximum Gasteiger partial charge on any atom is 0.472 e. The van der Waals surface area contributed by atoms with Crippen molar-refractivity contribution in [1.29, 1.82) is 0 Å². The van der Waals surface area contributed by atoms with Crippen molar-refractivity contribution in [3.8, 4) is 0 Å². The van der Waals surface area contributed by atoms with Crippen molar-refractivity contribution in [2.45, 2.75) is 187 Å². The topological polar surface area (TPSA) is 155 Å². The molecule has 0 bridgehead atoms. The molecule has 0 aromatic carbocycles. The lowest BCUT2D eigenvalue weighted by atomic mass is 10.1. The third-order valence-electron chi connectivity index (χ3n) is 10.4. The smallest absolute Gasteiger partial charge is 0.462 e. The second-order valence-corrected chi connectivity index (χ2v) is 18.7. The van der Waals surface area contributed by atoms with E-state index < -0.39 is 64.4 Å². The molecule has 3 unspecified atom stereocenters. The number of aliphatic hydroxyl groups is 1. The lowest BCUT2D eigenvalue weighted by Crippen LogP contribution is -2.30. The molecule has 2 N–H and O–H groups in total. The van der Waals surface area contributed by atoms with Gasteiger partial charge < -0.3 is 24.2 Å². The Balaban J connectivity index is 4.97. The molecule has 12 heteroatoms. The number of hydrogen-bond acceptors (Lipinski definition) is 10. The van der Waals surface area contributed by atoms with Gasteiger partial charge in [-0.05, 0) is 128 Å². The van der Waals surface area contributed by atoms with Crippen LogP contribution < -0.4 is 0 Å². The summed E-state index contributed by atoms with van der Waals surface area (Å²) in [6.45, 7) is 4.09. The van der Waals surface area contributed by atoms with Crippen molar-refractivity contribution >= 4 is 25.7 Å². The average molecular weight is 1050 g/mol. The minimum atomic E-state index is -4.79. The van der Waals surface area contributed by atoms with E-state index in [-0.39, 0.29) is 19.3 Å². The van der Waals surface area contributed by atoms with Crippen molar-refractivity contribution in [3.05, 3.63) is 158 Å². The Labute approximate surface area is 447 Å². The van der Waals surface area contributed by atoms with Gasteiger partial charge in [-0.3, -0.25) is 23.4 Å². The number of hydrogen-bond donors (Lipinski definition) is 2. The predicted molar refractivity (Wildman–Crippen MR) is 306 cm³/mol. The standard InChI is InChI=1S/C62H95O11P/c1-4-7-10-13-16-19-22-25-27-28-29-30-32-35-38-41-44-47-50-53-62(66)73-59(55-69-60(64)51-48-45-42-39-36-34-31-26-23-20-17-14-11-8-5-2)57-71-74(67,68)70-56-58(54-63)72-61(65)52-49-46-43-40-37-33-24-21-18-15-12-9-6-3/h7-12,16-21,25-27,29-31,33,35-39,44,47,58-59,63H,4-6,13-15,22-24,28,32,34,40-43,45-46,48-57H2,1-3H3,(H,67,68)/b10-7-,11-8-,12-9-,19-16-,20-17-,21-18-,27-25-,30-29-,31-26-,37-33-,38-35-,39-36-,47-44-. The number of esters is 3. The van der Waals surface area contributed by atoms with Gasteiger partial charge in [-0.2, -0.15) is 0 Å². The number of aliphatic hydroxyl groups excluding tert-OH is 1. The molecule has 0 amide bonds. The van der Waals surface area contributed by atoms with E-state index in [4.69, 9.17) is 23.3 Å². The van der Waals surface area contributed by atoms with Crippen LogP contribution in [0, 0.1) is 0 Å². The SMILES string of the molecule is CC/C=C\C/C=C\C/C=C\C/C=C\C/C=C\C/C=C\CCC(=O)OC(COC(=O)CCCC/C=C\C/C=C\C/C=C\C/C=C\CC)COP(=O)(O)OCC(CO)OC(=O)CCCCC/C=C\C/C=C\C/C=C\CC. The van der Waals surface area contributed by atoms with E-state index in [1.165, 1.54) is 0 Å². The van der Waals surface area contributed by atoms with Crippen LogP contribution >= 0.6 is 7.82 Å². The van der Waals surface area contributed by atoms with E-state index in [2.05, 4.69) is 167 Å². The van der Waals surface area contributed by atoms with Gasteiger partial charge in [-0.15, -0.1) is 0 Å². The summed E-state index contributed by atoms with van der Waals surface area (Å²) in [5.41, 5.74) is 0. The molecule has 0 aliphatic heterocycles. The summed E-state index contributed by atoms with van der Waals surface area (Å²) in [6, 6.07) is 0. The maximum atomic E-state index is 12.9. The summed E-state index contributed by atoms with van der Waals surface area (Å²) in [6.07, 6.45) is 70.9. The first kappa shape index (κ1) is 69.1.